The van der Waals surface area contributed by atoms with Crippen LogP contribution in [-0.2, 0) is 9.53 Å². The predicted molar refractivity (Wildman–Crippen MR) is 308 cm³/mol. The van der Waals surface area contributed by atoms with Gasteiger partial charge in [-0.2, -0.15) is 20.7 Å². The normalized spacial score (nSPS) is 22.2. The summed E-state index contributed by atoms with van der Waals surface area (Å²) in [5.41, 5.74) is 11.1. The number of nitrogens with one attached hydrogen (secondary N) is 4. The minimum atomic E-state index is -0.571. The minimum absolute atomic E-state index is 0. The van der Waals surface area contributed by atoms with E-state index in [-0.39, 0.29) is 58.6 Å². The highest BCUT2D eigenvalue weighted by Gasteiger charge is 2.49. The Bertz CT molecular complexity index is 3330. The molecule has 6 heterocycles. The van der Waals surface area contributed by atoms with Crippen LogP contribution in [0.1, 0.15) is 177 Å². The number of hydrogen-bond donors (Lipinski definition) is 7. The number of esters is 1. The molecule has 6 aliphatic rings. The number of fused-ring (bicyclic) bond motifs is 8. The highest BCUT2D eigenvalue weighted by molar-refractivity contribution is 6.01. The number of aliphatic hydroxyl groups is 2. The van der Waals surface area contributed by atoms with Gasteiger partial charge >= 0.3 is 5.97 Å². The second-order valence-electron chi connectivity index (χ2n) is 25.2. The van der Waals surface area contributed by atoms with Crippen molar-refractivity contribution in [2.24, 2.45) is 11.1 Å². The van der Waals surface area contributed by atoms with Gasteiger partial charge in [-0.1, -0.05) is 13.8 Å². The molecule has 0 atom stereocenters. The number of carbonyl (C=O) groups excluding carboxylic acids is 3. The largest absolute Gasteiger partial charge is 0.460 e. The Labute approximate surface area is 473 Å². The first-order chi connectivity index (χ1) is 37.3. The summed E-state index contributed by atoms with van der Waals surface area (Å²) in [5.74, 6) is -0.694. The van der Waals surface area contributed by atoms with Gasteiger partial charge in [-0.25, -0.2) is 9.03 Å². The number of pyridine rings is 2. The third kappa shape index (κ3) is 13.7. The van der Waals surface area contributed by atoms with Gasteiger partial charge in [0.25, 0.3) is 11.8 Å². The predicted octanol–water partition coefficient (Wildman–Crippen LogP) is 9.19. The van der Waals surface area contributed by atoms with Crippen molar-refractivity contribution in [1.82, 2.24) is 39.8 Å². The molecule has 8 N–H and O–H groups in total. The number of ether oxygens (including phenoxy) is 1. The quantitative estimate of drug-likeness (QED) is 0.0445. The Balaban J connectivity index is 0.000000211. The average molecular weight is 1110 g/mol. The lowest BCUT2D eigenvalue weighted by molar-refractivity contribution is -0.157. The van der Waals surface area contributed by atoms with E-state index in [1.165, 1.54) is 12.4 Å². The molecule has 0 aliphatic heterocycles. The second-order valence-corrected chi connectivity index (χ2v) is 25.2. The van der Waals surface area contributed by atoms with Crippen molar-refractivity contribution >= 4 is 52.6 Å². The summed E-state index contributed by atoms with van der Waals surface area (Å²) in [5, 5.41) is 62.2. The summed E-state index contributed by atoms with van der Waals surface area (Å²) in [6.45, 7) is 14.3. The molecule has 4 bridgehead atoms. The van der Waals surface area contributed by atoms with Crippen LogP contribution < -0.4 is 27.0 Å². The van der Waals surface area contributed by atoms with Crippen molar-refractivity contribution in [2.45, 2.75) is 178 Å². The first-order valence-electron chi connectivity index (χ1n) is 27.6. The van der Waals surface area contributed by atoms with Gasteiger partial charge in [0.15, 0.2) is 0 Å². The van der Waals surface area contributed by atoms with Crippen LogP contribution >= 0.6 is 12.4 Å². The highest BCUT2D eigenvalue weighted by atomic mass is 35.5. The fourth-order valence-electron chi connectivity index (χ4n) is 11.6. The third-order valence-corrected chi connectivity index (χ3v) is 16.5. The Morgan fingerprint density at radius 3 is 1.40 bits per heavy atom. The molecule has 6 aromatic heterocycles. The lowest BCUT2D eigenvalue weighted by atomic mass is 9.63. The highest BCUT2D eigenvalue weighted by Crippen LogP contribution is 2.50. The molecule has 0 saturated heterocycles. The molecule has 2 amide bonds. The van der Waals surface area contributed by atoms with Crippen LogP contribution in [0, 0.1) is 28.1 Å². The molecule has 20 heteroatoms. The van der Waals surface area contributed by atoms with Crippen LogP contribution in [0.2, 0.25) is 0 Å². The van der Waals surface area contributed by atoms with E-state index in [0.717, 1.165) is 105 Å². The molecular formula is C60H76ClN13O6. The van der Waals surface area contributed by atoms with Crippen LogP contribution in [0.3, 0.4) is 0 Å². The van der Waals surface area contributed by atoms with Crippen molar-refractivity contribution in [2.75, 3.05) is 23.7 Å². The molecule has 6 fully saturated rings. The van der Waals surface area contributed by atoms with E-state index >= 15 is 0 Å². The maximum absolute atomic E-state index is 13.6. The summed E-state index contributed by atoms with van der Waals surface area (Å²) < 4.78 is 8.97. The molecule has 80 heavy (non-hydrogen) atoms. The molecule has 19 nitrogen and oxygen atoms in total. The van der Waals surface area contributed by atoms with Gasteiger partial charge in [-0.15, -0.1) is 12.4 Å². The first-order valence-corrected chi connectivity index (χ1v) is 27.6. The third-order valence-electron chi connectivity index (χ3n) is 16.5. The van der Waals surface area contributed by atoms with E-state index in [1.54, 1.807) is 33.6 Å². The van der Waals surface area contributed by atoms with Gasteiger partial charge in [0.2, 0.25) is 0 Å². The molecule has 6 aromatic rings. The smallest absolute Gasteiger partial charge is 0.306 e. The SMILES string of the molecule is CC(C)(CCNC(=O)c1cnc(-c2ccc3cc(C#N)cnn23)cc1NC12CCC(O)(CC1)CC2)CC(=O)OC(C)(C)C.CC(C)(N)CCNC(=O)c1cnc(-c2ccc3cc(C#N)cnn23)cc1NC12CCC(O)(CC1)CC2.Cl. The maximum Gasteiger partial charge on any atom is 0.306 e. The number of amides is 2. The van der Waals surface area contributed by atoms with Gasteiger partial charge in [-0.05, 0) is 178 Å². The van der Waals surface area contributed by atoms with Crippen molar-refractivity contribution in [3.05, 3.63) is 95.6 Å². The van der Waals surface area contributed by atoms with Gasteiger partial charge in [0.05, 0.1) is 97.5 Å². The molecule has 12 rings (SSSR count). The summed E-state index contributed by atoms with van der Waals surface area (Å²) >= 11 is 0. The van der Waals surface area contributed by atoms with Gasteiger partial charge in [0, 0.05) is 42.1 Å². The zero-order chi connectivity index (χ0) is 56.6. The molecule has 0 aromatic carbocycles. The summed E-state index contributed by atoms with van der Waals surface area (Å²) in [7, 11) is 0. The van der Waals surface area contributed by atoms with E-state index in [2.05, 4.69) is 53.6 Å². The van der Waals surface area contributed by atoms with Gasteiger partial charge < -0.3 is 42.0 Å². The van der Waals surface area contributed by atoms with Gasteiger partial charge in [0.1, 0.15) is 17.7 Å². The Morgan fingerprint density at radius 2 is 1.02 bits per heavy atom. The van der Waals surface area contributed by atoms with Crippen LogP contribution in [0.4, 0.5) is 11.4 Å². The first kappa shape index (κ1) is 59.0. The molecule has 0 spiro atoms. The van der Waals surface area contributed by atoms with E-state index in [4.69, 9.17) is 10.5 Å². The number of carbonyl (C=O) groups is 3. The summed E-state index contributed by atoms with van der Waals surface area (Å²) in [6, 6.07) is 19.2. The monoisotopic (exact) mass is 1110 g/mol. The molecule has 6 aliphatic carbocycles. The fourth-order valence-corrected chi connectivity index (χ4v) is 11.6. The van der Waals surface area contributed by atoms with Crippen LogP contribution in [0.15, 0.2) is 73.3 Å². The van der Waals surface area contributed by atoms with Crippen LogP contribution in [-0.4, -0.2) is 104 Å². The van der Waals surface area contributed by atoms with Crippen molar-refractivity contribution < 1.29 is 29.3 Å². The second kappa shape index (κ2) is 22.8. The number of nitrogens with zero attached hydrogens (tertiary/aromatic N) is 8. The molecule has 424 valence electrons. The van der Waals surface area contributed by atoms with E-state index < -0.39 is 16.8 Å². The number of nitrogens with two attached hydrogens (primary N) is 1. The number of aromatic nitrogens is 6. The van der Waals surface area contributed by atoms with E-state index in [1.807, 2.05) is 84.9 Å². The topological polar surface area (TPSA) is 283 Å². The molecule has 0 unspecified atom stereocenters. The van der Waals surface area contributed by atoms with Crippen molar-refractivity contribution in [3.8, 4) is 34.9 Å². The van der Waals surface area contributed by atoms with Crippen molar-refractivity contribution in [3.63, 3.8) is 0 Å². The number of rotatable bonds is 16. The Hall–Kier alpha value is -7.16. The summed E-state index contributed by atoms with van der Waals surface area (Å²) in [6.07, 6.45) is 17.3. The Morgan fingerprint density at radius 1 is 0.625 bits per heavy atom. The minimum Gasteiger partial charge on any atom is -0.460 e. The van der Waals surface area contributed by atoms with E-state index in [0.29, 0.717) is 65.3 Å². The Kier molecular flexibility index (Phi) is 16.8. The van der Waals surface area contributed by atoms with Crippen molar-refractivity contribution in [1.29, 1.82) is 10.5 Å². The summed E-state index contributed by atoms with van der Waals surface area (Å²) in [4.78, 5) is 48.4. The lowest BCUT2D eigenvalue weighted by Crippen LogP contribution is -2.54. The number of hydrogen-bond acceptors (Lipinski definition) is 15. The number of anilines is 2. The molecule has 6 saturated carbocycles. The average Bonchev–Trinajstić information content (AvgIpc) is 4.18. The zero-order valence-electron chi connectivity index (χ0n) is 47.0. The standard InChI is InChI=1S/C33H42N6O4.C27H33N7O2.ClH/c1-30(2,3)43-28(40)18-31(4,5)14-15-35-29(41)24-21-36-26(27-7-6-23-16-22(19-34)20-37-39(23)27)17-25(24)38-32-8-11-33(42,12-9-32)13-10-32;1-25(2,29)11-12-30-24(35)20-17-31-22(23-4-3-19-13-18(15-28)16-32-34(19)23)14-21(20)33-26-5-8-27(36,9-6-26)10-7-26;/h6-7,16-17,20-21,42H,8-15,18H2,1-5H3,(H,35,41)(H,36,38);3-4,13-14,16-17,36H,5-12,29H2,1-2H3,(H,30,35)(H,31,33);1H. The zero-order valence-corrected chi connectivity index (χ0v) is 47.9. The molecular weight excluding hydrogens is 1030 g/mol. The number of halogens is 1. The lowest BCUT2D eigenvalue weighted by Gasteiger charge is -2.51. The number of nitriles is 2. The van der Waals surface area contributed by atoms with Crippen LogP contribution in [0.5, 0.6) is 0 Å². The maximum atomic E-state index is 13.6. The van der Waals surface area contributed by atoms with Crippen LogP contribution in [0.25, 0.3) is 33.8 Å². The molecule has 0 radical (unpaired) electrons. The van der Waals surface area contributed by atoms with Gasteiger partial charge in [-0.3, -0.25) is 24.4 Å². The van der Waals surface area contributed by atoms with E-state index in [9.17, 15) is 35.1 Å². The fraction of sp³-hybridized carbons (Fsp3) is 0.517.